The Morgan fingerprint density at radius 1 is 1.35 bits per heavy atom. The molecule has 1 amide bonds. The van der Waals surface area contributed by atoms with E-state index in [1.54, 1.807) is 18.2 Å². The molecule has 0 saturated heterocycles. The Bertz CT molecular complexity index is 468. The minimum atomic E-state index is -0.0501. The van der Waals surface area contributed by atoms with Crippen molar-refractivity contribution in [1.29, 1.82) is 0 Å². The molecule has 0 radical (unpaired) electrons. The van der Waals surface area contributed by atoms with E-state index in [2.05, 4.69) is 12.2 Å². The molecule has 0 aliphatic heterocycles. The van der Waals surface area contributed by atoms with E-state index in [4.69, 9.17) is 17.3 Å². The van der Waals surface area contributed by atoms with Crippen LogP contribution in [0.5, 0.6) is 0 Å². The minimum Gasteiger partial charge on any atom is -0.398 e. The van der Waals surface area contributed by atoms with Crippen molar-refractivity contribution < 1.29 is 4.79 Å². The summed E-state index contributed by atoms with van der Waals surface area (Å²) in [4.78, 5) is 12.2. The van der Waals surface area contributed by atoms with Crippen LogP contribution in [-0.2, 0) is 0 Å². The molecule has 20 heavy (non-hydrogen) atoms. The van der Waals surface area contributed by atoms with Crippen LogP contribution in [0.1, 0.15) is 55.8 Å². The Kier molecular flexibility index (Phi) is 5.30. The van der Waals surface area contributed by atoms with Gasteiger partial charge in [0.2, 0.25) is 0 Å². The standard InChI is InChI=1S/C16H23ClN2O/c1-2-3-11-4-7-13(8-5-11)19-16(20)12-6-9-15(18)14(17)10-12/h6,9-11,13H,2-5,7-8,18H2,1H3,(H,19,20). The van der Waals surface area contributed by atoms with Gasteiger partial charge in [-0.25, -0.2) is 0 Å². The number of carbonyl (C=O) groups excluding carboxylic acids is 1. The van der Waals surface area contributed by atoms with Crippen LogP contribution in [0, 0.1) is 5.92 Å². The molecule has 1 aliphatic carbocycles. The zero-order chi connectivity index (χ0) is 14.5. The molecule has 0 atom stereocenters. The van der Waals surface area contributed by atoms with Crippen molar-refractivity contribution in [2.75, 3.05) is 5.73 Å². The maximum atomic E-state index is 12.2. The predicted octanol–water partition coefficient (Wildman–Crippen LogP) is 4.01. The lowest BCUT2D eigenvalue weighted by Crippen LogP contribution is -2.37. The first-order valence-electron chi connectivity index (χ1n) is 7.46. The maximum absolute atomic E-state index is 12.2. The Labute approximate surface area is 125 Å². The summed E-state index contributed by atoms with van der Waals surface area (Å²) in [5, 5.41) is 3.54. The molecule has 0 spiro atoms. The fourth-order valence-corrected chi connectivity index (χ4v) is 3.12. The van der Waals surface area contributed by atoms with Crippen LogP contribution in [0.25, 0.3) is 0 Å². The quantitative estimate of drug-likeness (QED) is 0.824. The Morgan fingerprint density at radius 2 is 2.05 bits per heavy atom. The number of hydrogen-bond acceptors (Lipinski definition) is 2. The van der Waals surface area contributed by atoms with E-state index in [-0.39, 0.29) is 5.91 Å². The molecular formula is C16H23ClN2O. The second kappa shape index (κ2) is 6.98. The van der Waals surface area contributed by atoms with Crippen molar-refractivity contribution in [3.05, 3.63) is 28.8 Å². The summed E-state index contributed by atoms with van der Waals surface area (Å²) in [6, 6.07) is 5.33. The Hall–Kier alpha value is -1.22. The van der Waals surface area contributed by atoms with Crippen molar-refractivity contribution in [2.24, 2.45) is 5.92 Å². The van der Waals surface area contributed by atoms with Crippen LogP contribution in [0.2, 0.25) is 5.02 Å². The summed E-state index contributed by atoms with van der Waals surface area (Å²) in [7, 11) is 0. The lowest BCUT2D eigenvalue weighted by molar-refractivity contribution is 0.0921. The number of nitrogens with one attached hydrogen (secondary N) is 1. The third kappa shape index (κ3) is 3.89. The molecule has 1 aliphatic rings. The van der Waals surface area contributed by atoms with E-state index in [9.17, 15) is 4.79 Å². The van der Waals surface area contributed by atoms with Gasteiger partial charge in [0.05, 0.1) is 10.7 Å². The molecular weight excluding hydrogens is 272 g/mol. The molecule has 0 unspecified atom stereocenters. The number of nitrogens with two attached hydrogens (primary N) is 1. The molecule has 1 fully saturated rings. The number of rotatable bonds is 4. The molecule has 4 heteroatoms. The minimum absolute atomic E-state index is 0.0501. The van der Waals surface area contributed by atoms with Crippen LogP contribution < -0.4 is 11.1 Å². The molecule has 2 rings (SSSR count). The van der Waals surface area contributed by atoms with Gasteiger partial charge in [-0.15, -0.1) is 0 Å². The van der Waals surface area contributed by atoms with Gasteiger partial charge in [-0.2, -0.15) is 0 Å². The SMILES string of the molecule is CCCC1CCC(NC(=O)c2ccc(N)c(Cl)c2)CC1. The average molecular weight is 295 g/mol. The average Bonchev–Trinajstić information content (AvgIpc) is 2.44. The third-order valence-electron chi connectivity index (χ3n) is 4.14. The summed E-state index contributed by atoms with van der Waals surface area (Å²) in [6.45, 7) is 2.23. The molecule has 1 aromatic rings. The van der Waals surface area contributed by atoms with Gasteiger partial charge in [-0.1, -0.05) is 31.4 Å². The van der Waals surface area contributed by atoms with Gasteiger partial charge in [0.15, 0.2) is 0 Å². The van der Waals surface area contributed by atoms with E-state index < -0.39 is 0 Å². The zero-order valence-electron chi connectivity index (χ0n) is 12.0. The number of nitrogen functional groups attached to an aromatic ring is 1. The van der Waals surface area contributed by atoms with Crippen LogP contribution in [-0.4, -0.2) is 11.9 Å². The first-order chi connectivity index (χ1) is 9.60. The van der Waals surface area contributed by atoms with Crippen molar-refractivity contribution in [3.63, 3.8) is 0 Å². The van der Waals surface area contributed by atoms with Crippen molar-refractivity contribution >= 4 is 23.2 Å². The topological polar surface area (TPSA) is 55.1 Å². The van der Waals surface area contributed by atoms with E-state index >= 15 is 0 Å². The summed E-state index contributed by atoms with van der Waals surface area (Å²) in [5.74, 6) is 0.796. The summed E-state index contributed by atoms with van der Waals surface area (Å²) < 4.78 is 0. The van der Waals surface area contributed by atoms with Crippen molar-refractivity contribution in [3.8, 4) is 0 Å². The van der Waals surface area contributed by atoms with Crippen LogP contribution >= 0.6 is 11.6 Å². The van der Waals surface area contributed by atoms with Gasteiger partial charge < -0.3 is 11.1 Å². The normalized spacial score (nSPS) is 22.5. The predicted molar refractivity (Wildman–Crippen MR) is 84.0 cm³/mol. The first-order valence-corrected chi connectivity index (χ1v) is 7.83. The number of halogens is 1. The van der Waals surface area contributed by atoms with Gasteiger partial charge in [-0.3, -0.25) is 4.79 Å². The lowest BCUT2D eigenvalue weighted by Gasteiger charge is -2.29. The highest BCUT2D eigenvalue weighted by atomic mass is 35.5. The summed E-state index contributed by atoms with van der Waals surface area (Å²) >= 11 is 5.95. The molecule has 1 saturated carbocycles. The molecule has 0 aromatic heterocycles. The van der Waals surface area contributed by atoms with Crippen LogP contribution in [0.3, 0.4) is 0 Å². The van der Waals surface area contributed by atoms with Gasteiger partial charge in [0.1, 0.15) is 0 Å². The van der Waals surface area contributed by atoms with Gasteiger partial charge >= 0.3 is 0 Å². The van der Waals surface area contributed by atoms with Crippen molar-refractivity contribution in [2.45, 2.75) is 51.5 Å². The number of carbonyl (C=O) groups is 1. The molecule has 3 nitrogen and oxygen atoms in total. The van der Waals surface area contributed by atoms with Crippen LogP contribution in [0.4, 0.5) is 5.69 Å². The summed E-state index contributed by atoms with van der Waals surface area (Å²) in [6.07, 6.45) is 7.18. The number of amides is 1. The Morgan fingerprint density at radius 3 is 2.65 bits per heavy atom. The van der Waals surface area contributed by atoms with Gasteiger partial charge in [0.25, 0.3) is 5.91 Å². The van der Waals surface area contributed by atoms with Crippen LogP contribution in [0.15, 0.2) is 18.2 Å². The fourth-order valence-electron chi connectivity index (χ4n) is 2.94. The number of benzene rings is 1. The summed E-state index contributed by atoms with van der Waals surface area (Å²) in [5.41, 5.74) is 6.74. The molecule has 1 aromatic carbocycles. The highest BCUT2D eigenvalue weighted by Gasteiger charge is 2.22. The second-order valence-corrected chi connectivity index (χ2v) is 6.12. The highest BCUT2D eigenvalue weighted by Crippen LogP contribution is 2.28. The molecule has 110 valence electrons. The monoisotopic (exact) mass is 294 g/mol. The highest BCUT2D eigenvalue weighted by molar-refractivity contribution is 6.33. The van der Waals surface area contributed by atoms with Gasteiger partial charge in [-0.05, 0) is 49.8 Å². The lowest BCUT2D eigenvalue weighted by atomic mass is 9.83. The zero-order valence-corrected chi connectivity index (χ0v) is 12.7. The molecule has 0 heterocycles. The fraction of sp³-hybridized carbons (Fsp3) is 0.562. The molecule has 3 N–H and O–H groups in total. The first kappa shape index (κ1) is 15.2. The van der Waals surface area contributed by atoms with Crippen molar-refractivity contribution in [1.82, 2.24) is 5.32 Å². The largest absolute Gasteiger partial charge is 0.398 e. The smallest absolute Gasteiger partial charge is 0.251 e. The van der Waals surface area contributed by atoms with E-state index in [1.807, 2.05) is 0 Å². The van der Waals surface area contributed by atoms with E-state index in [1.165, 1.54) is 25.7 Å². The van der Waals surface area contributed by atoms with E-state index in [0.29, 0.717) is 22.3 Å². The Balaban J connectivity index is 1.87. The number of anilines is 1. The molecule has 0 bridgehead atoms. The van der Waals surface area contributed by atoms with E-state index in [0.717, 1.165) is 18.8 Å². The second-order valence-electron chi connectivity index (χ2n) is 5.72. The maximum Gasteiger partial charge on any atom is 0.251 e. The number of hydrogen-bond donors (Lipinski definition) is 2. The third-order valence-corrected chi connectivity index (χ3v) is 4.47. The van der Waals surface area contributed by atoms with Gasteiger partial charge in [0, 0.05) is 11.6 Å².